The average molecular weight is 630 g/mol. The number of aryl methyl sites for hydroxylation is 2. The summed E-state index contributed by atoms with van der Waals surface area (Å²) in [7, 11) is 2.17. The van der Waals surface area contributed by atoms with Gasteiger partial charge in [0.25, 0.3) is 0 Å². The molecule has 0 aliphatic carbocycles. The molecule has 4 heteroatoms. The summed E-state index contributed by atoms with van der Waals surface area (Å²) in [6.07, 6.45) is 1.83. The first kappa shape index (κ1) is 31.3. The Kier molecular flexibility index (Phi) is 8.04. The van der Waals surface area contributed by atoms with Crippen molar-refractivity contribution in [3.63, 3.8) is 0 Å². The van der Waals surface area contributed by atoms with Crippen molar-refractivity contribution in [2.45, 2.75) is 45.4 Å². The van der Waals surface area contributed by atoms with E-state index in [2.05, 4.69) is 178 Å². The van der Waals surface area contributed by atoms with Crippen LogP contribution in [-0.2, 0) is 10.8 Å². The number of rotatable bonds is 7. The second kappa shape index (κ2) is 12.4. The zero-order valence-electron chi connectivity index (χ0n) is 28.7. The van der Waals surface area contributed by atoms with Gasteiger partial charge in [-0.3, -0.25) is 0 Å². The van der Waals surface area contributed by atoms with E-state index < -0.39 is 5.41 Å². The van der Waals surface area contributed by atoms with Crippen LogP contribution >= 0.6 is 0 Å². The first-order valence-corrected chi connectivity index (χ1v) is 16.7. The lowest BCUT2D eigenvalue weighted by Crippen LogP contribution is -2.31. The molecule has 0 amide bonds. The van der Waals surface area contributed by atoms with Crippen LogP contribution in [0.4, 0.5) is 17.1 Å². The molecule has 1 aliphatic heterocycles. The van der Waals surface area contributed by atoms with Crippen molar-refractivity contribution in [3.05, 3.63) is 179 Å². The van der Waals surface area contributed by atoms with Gasteiger partial charge in [0.05, 0.1) is 23.5 Å². The average Bonchev–Trinajstić information content (AvgIpc) is 3.41. The Hall–Kier alpha value is -5.35. The van der Waals surface area contributed by atoms with Gasteiger partial charge in [-0.2, -0.15) is 0 Å². The highest BCUT2D eigenvalue weighted by Gasteiger charge is 2.39. The Bertz CT molecular complexity index is 2020. The summed E-state index contributed by atoms with van der Waals surface area (Å²) in [5, 5.41) is 0. The summed E-state index contributed by atoms with van der Waals surface area (Å²) in [6, 6.07) is 48.0. The van der Waals surface area contributed by atoms with Gasteiger partial charge >= 0.3 is 0 Å². The van der Waals surface area contributed by atoms with Crippen molar-refractivity contribution < 1.29 is 4.74 Å². The molecule has 5 aromatic carbocycles. The van der Waals surface area contributed by atoms with Crippen molar-refractivity contribution in [2.24, 2.45) is 0 Å². The number of benzene rings is 5. The summed E-state index contributed by atoms with van der Waals surface area (Å²) in [4.78, 5) is 9.34. The van der Waals surface area contributed by atoms with E-state index in [0.717, 1.165) is 23.7 Å². The first-order valence-electron chi connectivity index (χ1n) is 16.7. The third-order valence-electron chi connectivity index (χ3n) is 9.74. The molecule has 0 saturated heterocycles. The minimum Gasteiger partial charge on any atom is -0.439 e. The van der Waals surface area contributed by atoms with Crippen molar-refractivity contribution in [1.29, 1.82) is 0 Å². The highest BCUT2D eigenvalue weighted by Crippen LogP contribution is 2.48. The van der Waals surface area contributed by atoms with Gasteiger partial charge in [-0.1, -0.05) is 106 Å². The minimum absolute atomic E-state index is 0.00806. The van der Waals surface area contributed by atoms with Crippen LogP contribution in [0, 0.1) is 13.8 Å². The maximum atomic E-state index is 6.51. The summed E-state index contributed by atoms with van der Waals surface area (Å²) in [6.45, 7) is 11.8. The molecule has 48 heavy (non-hydrogen) atoms. The van der Waals surface area contributed by atoms with E-state index in [4.69, 9.17) is 4.74 Å². The molecule has 6 aromatic rings. The van der Waals surface area contributed by atoms with Gasteiger partial charge in [-0.25, -0.2) is 4.98 Å². The van der Waals surface area contributed by atoms with Crippen LogP contribution in [0.3, 0.4) is 0 Å². The van der Waals surface area contributed by atoms with Crippen molar-refractivity contribution >= 4 is 17.1 Å². The Balaban J connectivity index is 1.42. The third-order valence-corrected chi connectivity index (χ3v) is 9.74. The van der Waals surface area contributed by atoms with Crippen LogP contribution in [0.5, 0.6) is 11.6 Å². The molecule has 4 nitrogen and oxygen atoms in total. The van der Waals surface area contributed by atoms with E-state index in [0.29, 0.717) is 5.88 Å². The predicted molar refractivity (Wildman–Crippen MR) is 199 cm³/mol. The van der Waals surface area contributed by atoms with E-state index >= 15 is 0 Å². The molecule has 2 heterocycles. The molecular formula is C44H43N3O. The molecule has 0 saturated carbocycles. The molecule has 0 spiro atoms. The smallest absolute Gasteiger partial charge is 0.219 e. The zero-order valence-corrected chi connectivity index (χ0v) is 28.7. The topological polar surface area (TPSA) is 28.6 Å². The number of fused-ring (bicyclic) bond motifs is 1. The van der Waals surface area contributed by atoms with E-state index in [1.54, 1.807) is 0 Å². The van der Waals surface area contributed by atoms with E-state index in [-0.39, 0.29) is 5.41 Å². The van der Waals surface area contributed by atoms with Crippen LogP contribution in [0.1, 0.15) is 59.7 Å². The summed E-state index contributed by atoms with van der Waals surface area (Å²) in [5.74, 6) is 1.34. The lowest BCUT2D eigenvalue weighted by molar-refractivity contribution is 0.457. The summed E-state index contributed by atoms with van der Waals surface area (Å²) >= 11 is 0. The molecule has 0 radical (unpaired) electrons. The predicted octanol–water partition coefficient (Wildman–Crippen LogP) is 10.7. The summed E-state index contributed by atoms with van der Waals surface area (Å²) in [5.41, 5.74) is 11.5. The van der Waals surface area contributed by atoms with Gasteiger partial charge in [0.15, 0.2) is 0 Å². The van der Waals surface area contributed by atoms with Gasteiger partial charge < -0.3 is 14.5 Å². The standard InChI is InChI=1S/C44H43N3O/c1-31-25-40-41(26-32(31)2)47(30-46(40)6)38-21-13-19-36(27-38)44(33-15-9-7-10-16-33,34-17-11-8-12-18-34)37-20-14-22-39(28-37)48-42-29-35(23-24-45-42)43(3,4)5/h7-29H,30H2,1-6H3. The van der Waals surface area contributed by atoms with Crippen LogP contribution in [-0.4, -0.2) is 18.7 Å². The number of anilines is 3. The SMILES string of the molecule is Cc1cc2c(cc1C)N(c1cccc(C(c3ccccc3)(c3ccccc3)c3cccc(Oc4cc(C(C)(C)C)ccn4)c3)c1)CN2C. The first-order chi connectivity index (χ1) is 23.1. The lowest BCUT2D eigenvalue weighted by Gasteiger charge is -2.37. The number of pyridine rings is 1. The fourth-order valence-electron chi connectivity index (χ4n) is 7.02. The van der Waals surface area contributed by atoms with Gasteiger partial charge in [0.1, 0.15) is 5.75 Å². The summed E-state index contributed by atoms with van der Waals surface area (Å²) < 4.78 is 6.51. The van der Waals surface area contributed by atoms with E-state index in [9.17, 15) is 0 Å². The quantitative estimate of drug-likeness (QED) is 0.164. The maximum Gasteiger partial charge on any atom is 0.219 e. The number of ether oxygens (including phenoxy) is 1. The van der Waals surface area contributed by atoms with E-state index in [1.165, 1.54) is 44.8 Å². The Labute approximate surface area is 285 Å². The van der Waals surface area contributed by atoms with Crippen LogP contribution < -0.4 is 14.5 Å². The maximum absolute atomic E-state index is 6.51. The van der Waals surface area contributed by atoms with Crippen molar-refractivity contribution in [3.8, 4) is 11.6 Å². The zero-order chi connectivity index (χ0) is 33.5. The fraction of sp³-hybridized carbons (Fsp3) is 0.205. The molecule has 0 unspecified atom stereocenters. The molecule has 1 aliphatic rings. The molecule has 0 bridgehead atoms. The highest BCUT2D eigenvalue weighted by atomic mass is 16.5. The van der Waals surface area contributed by atoms with Crippen LogP contribution in [0.25, 0.3) is 0 Å². The van der Waals surface area contributed by atoms with Gasteiger partial charge in [0.2, 0.25) is 5.88 Å². The third kappa shape index (κ3) is 5.62. The van der Waals surface area contributed by atoms with Crippen LogP contribution in [0.2, 0.25) is 0 Å². The van der Waals surface area contributed by atoms with Crippen molar-refractivity contribution in [2.75, 3.05) is 23.5 Å². The lowest BCUT2D eigenvalue weighted by atomic mass is 9.65. The molecule has 1 aromatic heterocycles. The molecule has 0 N–H and O–H groups in total. The molecule has 0 atom stereocenters. The second-order valence-electron chi connectivity index (χ2n) is 14.0. The molecule has 240 valence electrons. The largest absolute Gasteiger partial charge is 0.439 e. The van der Waals surface area contributed by atoms with Crippen LogP contribution in [0.15, 0.2) is 140 Å². The highest BCUT2D eigenvalue weighted by molar-refractivity contribution is 5.84. The molecule has 0 fully saturated rings. The number of nitrogens with zero attached hydrogens (tertiary/aromatic N) is 3. The Morgan fingerprint density at radius 2 is 1.17 bits per heavy atom. The fourth-order valence-corrected chi connectivity index (χ4v) is 7.02. The second-order valence-corrected chi connectivity index (χ2v) is 14.0. The van der Waals surface area contributed by atoms with Crippen molar-refractivity contribution in [1.82, 2.24) is 4.98 Å². The number of hydrogen-bond donors (Lipinski definition) is 0. The Morgan fingerprint density at radius 3 is 1.81 bits per heavy atom. The number of aromatic nitrogens is 1. The minimum atomic E-state index is -0.629. The van der Waals surface area contributed by atoms with Gasteiger partial charge in [-0.05, 0) is 101 Å². The number of hydrogen-bond acceptors (Lipinski definition) is 4. The molecule has 7 rings (SSSR count). The van der Waals surface area contributed by atoms with Gasteiger partial charge in [-0.15, -0.1) is 0 Å². The monoisotopic (exact) mass is 629 g/mol. The Morgan fingerprint density at radius 1 is 0.583 bits per heavy atom. The van der Waals surface area contributed by atoms with Gasteiger partial charge in [0, 0.05) is 25.0 Å². The molecular weight excluding hydrogens is 587 g/mol. The van der Waals surface area contributed by atoms with E-state index in [1.807, 2.05) is 18.3 Å². The normalized spacial score (nSPS) is 13.0.